The van der Waals surface area contributed by atoms with Crippen LogP contribution >= 0.6 is 0 Å². The van der Waals surface area contributed by atoms with Gasteiger partial charge >= 0.3 is 0 Å². The molecule has 1 aromatic carbocycles. The molecule has 5 nitrogen and oxygen atoms in total. The maximum absolute atomic E-state index is 12.6. The smallest absolute Gasteiger partial charge is 0.227 e. The van der Waals surface area contributed by atoms with Gasteiger partial charge in [-0.3, -0.25) is 4.79 Å². The largest absolute Gasteiger partial charge is 0.508 e. The first-order valence-corrected chi connectivity index (χ1v) is 9.05. The van der Waals surface area contributed by atoms with Crippen molar-refractivity contribution in [2.24, 2.45) is 11.8 Å². The lowest BCUT2D eigenvalue weighted by Gasteiger charge is -2.30. The molecular formula is C19H28N2O3. The molecule has 0 spiro atoms. The molecule has 24 heavy (non-hydrogen) atoms. The molecule has 5 heteroatoms. The number of rotatable bonds is 5. The summed E-state index contributed by atoms with van der Waals surface area (Å²) in [4.78, 5) is 16.9. The summed E-state index contributed by atoms with van der Waals surface area (Å²) in [5.41, 5.74) is 0.669. The lowest BCUT2D eigenvalue weighted by Crippen LogP contribution is -2.37. The van der Waals surface area contributed by atoms with Crippen LogP contribution in [0.5, 0.6) is 5.75 Å². The number of carbonyl (C=O) groups excluding carboxylic acids is 1. The van der Waals surface area contributed by atoms with Crippen molar-refractivity contribution in [3.63, 3.8) is 0 Å². The van der Waals surface area contributed by atoms with Gasteiger partial charge in [-0.1, -0.05) is 24.6 Å². The summed E-state index contributed by atoms with van der Waals surface area (Å²) >= 11 is 0. The van der Waals surface area contributed by atoms with Gasteiger partial charge in [0.2, 0.25) is 5.91 Å². The quantitative estimate of drug-likeness (QED) is 0.857. The molecular weight excluding hydrogens is 304 g/mol. The molecule has 2 saturated heterocycles. The molecule has 0 saturated carbocycles. The van der Waals surface area contributed by atoms with Crippen molar-refractivity contribution in [2.75, 3.05) is 39.3 Å². The number of hydrogen-bond acceptors (Lipinski definition) is 4. The summed E-state index contributed by atoms with van der Waals surface area (Å²) < 4.78 is 0. The van der Waals surface area contributed by atoms with E-state index in [1.54, 1.807) is 18.2 Å². The summed E-state index contributed by atoms with van der Waals surface area (Å²) in [7, 11) is 0. The number of piperidine rings is 1. The SMILES string of the molecule is O=C(Cc1ccccc1O)N1C[C@@H](CN2CCCCC2)[C@@H](CO)C1. The second-order valence-corrected chi connectivity index (χ2v) is 7.17. The van der Waals surface area contributed by atoms with Crippen LogP contribution in [-0.4, -0.2) is 65.3 Å². The van der Waals surface area contributed by atoms with Gasteiger partial charge in [0.15, 0.2) is 0 Å². The van der Waals surface area contributed by atoms with Crippen LogP contribution < -0.4 is 0 Å². The van der Waals surface area contributed by atoms with E-state index in [1.807, 2.05) is 11.0 Å². The van der Waals surface area contributed by atoms with Gasteiger partial charge in [0.1, 0.15) is 5.75 Å². The third-order valence-electron chi connectivity index (χ3n) is 5.44. The number of aliphatic hydroxyl groups excluding tert-OH is 1. The number of nitrogens with zero attached hydrogens (tertiary/aromatic N) is 2. The second kappa shape index (κ2) is 7.99. The standard InChI is InChI=1S/C19H28N2O3/c22-14-17-13-21(12-16(17)11-20-8-4-1-5-9-20)19(24)10-15-6-2-3-7-18(15)23/h2-3,6-7,16-17,22-23H,1,4-5,8-14H2/t16-,17-/m1/s1. The van der Waals surface area contributed by atoms with Gasteiger partial charge in [-0.2, -0.15) is 0 Å². The Balaban J connectivity index is 1.58. The van der Waals surface area contributed by atoms with Gasteiger partial charge in [0.25, 0.3) is 0 Å². The van der Waals surface area contributed by atoms with Gasteiger partial charge in [0, 0.05) is 37.7 Å². The molecule has 132 valence electrons. The number of benzene rings is 1. The summed E-state index contributed by atoms with van der Waals surface area (Å²) in [5.74, 6) is 0.728. The molecule has 1 aromatic rings. The number of para-hydroxylation sites is 1. The van der Waals surface area contributed by atoms with E-state index >= 15 is 0 Å². The van der Waals surface area contributed by atoms with Crippen LogP contribution in [-0.2, 0) is 11.2 Å². The number of amides is 1. The summed E-state index contributed by atoms with van der Waals surface area (Å²) in [6.45, 7) is 4.74. The molecule has 2 fully saturated rings. The molecule has 3 rings (SSSR count). The molecule has 2 heterocycles. The van der Waals surface area contributed by atoms with Gasteiger partial charge in [-0.15, -0.1) is 0 Å². The summed E-state index contributed by atoms with van der Waals surface area (Å²) in [6.07, 6.45) is 4.05. The van der Waals surface area contributed by atoms with E-state index in [0.717, 1.165) is 19.6 Å². The minimum atomic E-state index is 0.0381. The van der Waals surface area contributed by atoms with Crippen LogP contribution in [0.4, 0.5) is 0 Å². The molecule has 0 unspecified atom stereocenters. The lowest BCUT2D eigenvalue weighted by atomic mass is 9.95. The Kier molecular flexibility index (Phi) is 5.74. The van der Waals surface area contributed by atoms with E-state index < -0.39 is 0 Å². The van der Waals surface area contributed by atoms with E-state index in [-0.39, 0.29) is 30.6 Å². The molecule has 2 aliphatic rings. The zero-order valence-corrected chi connectivity index (χ0v) is 14.2. The monoisotopic (exact) mass is 332 g/mol. The topological polar surface area (TPSA) is 64.0 Å². The Morgan fingerprint density at radius 3 is 2.50 bits per heavy atom. The highest BCUT2D eigenvalue weighted by molar-refractivity contribution is 5.79. The van der Waals surface area contributed by atoms with Crippen molar-refractivity contribution < 1.29 is 15.0 Å². The molecule has 0 bridgehead atoms. The number of hydrogen-bond donors (Lipinski definition) is 2. The normalized spacial score (nSPS) is 25.1. The first-order chi connectivity index (χ1) is 11.7. The molecule has 0 aliphatic carbocycles. The average Bonchev–Trinajstić information content (AvgIpc) is 3.01. The van der Waals surface area contributed by atoms with Gasteiger partial charge < -0.3 is 20.0 Å². The summed E-state index contributed by atoms with van der Waals surface area (Å²) in [5, 5.41) is 19.6. The van der Waals surface area contributed by atoms with Crippen molar-refractivity contribution >= 4 is 5.91 Å². The molecule has 1 amide bonds. The fourth-order valence-electron chi connectivity index (χ4n) is 3.96. The van der Waals surface area contributed by atoms with Crippen LogP contribution in [0.2, 0.25) is 0 Å². The number of aromatic hydroxyl groups is 1. The first kappa shape index (κ1) is 17.2. The average molecular weight is 332 g/mol. The third kappa shape index (κ3) is 4.08. The second-order valence-electron chi connectivity index (χ2n) is 7.17. The third-order valence-corrected chi connectivity index (χ3v) is 5.44. The Morgan fingerprint density at radius 1 is 1.08 bits per heavy atom. The molecule has 0 aromatic heterocycles. The van der Waals surface area contributed by atoms with Crippen LogP contribution in [0.3, 0.4) is 0 Å². The number of aliphatic hydroxyl groups is 1. The Morgan fingerprint density at radius 2 is 1.79 bits per heavy atom. The predicted molar refractivity (Wildman–Crippen MR) is 92.7 cm³/mol. The van der Waals surface area contributed by atoms with E-state index in [1.165, 1.54) is 19.3 Å². The van der Waals surface area contributed by atoms with E-state index in [0.29, 0.717) is 24.6 Å². The van der Waals surface area contributed by atoms with Crippen molar-refractivity contribution in [2.45, 2.75) is 25.7 Å². The fraction of sp³-hybridized carbons (Fsp3) is 0.632. The zero-order chi connectivity index (χ0) is 16.9. The molecule has 2 atom stereocenters. The van der Waals surface area contributed by atoms with Crippen molar-refractivity contribution in [3.05, 3.63) is 29.8 Å². The van der Waals surface area contributed by atoms with E-state index in [2.05, 4.69) is 4.90 Å². The highest BCUT2D eigenvalue weighted by atomic mass is 16.3. The van der Waals surface area contributed by atoms with Gasteiger partial charge in [-0.05, 0) is 37.9 Å². The highest BCUT2D eigenvalue weighted by Gasteiger charge is 2.35. The summed E-state index contributed by atoms with van der Waals surface area (Å²) in [6, 6.07) is 7.00. The Hall–Kier alpha value is -1.59. The van der Waals surface area contributed by atoms with Crippen LogP contribution in [0.25, 0.3) is 0 Å². The van der Waals surface area contributed by atoms with E-state index in [9.17, 15) is 15.0 Å². The van der Waals surface area contributed by atoms with Gasteiger partial charge in [0.05, 0.1) is 6.42 Å². The van der Waals surface area contributed by atoms with Crippen molar-refractivity contribution in [1.29, 1.82) is 0 Å². The van der Waals surface area contributed by atoms with Crippen LogP contribution in [0.15, 0.2) is 24.3 Å². The number of carbonyl (C=O) groups is 1. The minimum absolute atomic E-state index is 0.0381. The molecule has 0 radical (unpaired) electrons. The van der Waals surface area contributed by atoms with Crippen LogP contribution in [0, 0.1) is 11.8 Å². The van der Waals surface area contributed by atoms with E-state index in [4.69, 9.17) is 0 Å². The first-order valence-electron chi connectivity index (χ1n) is 9.05. The van der Waals surface area contributed by atoms with Crippen molar-refractivity contribution in [3.8, 4) is 5.75 Å². The number of phenols is 1. The fourth-order valence-corrected chi connectivity index (χ4v) is 3.96. The van der Waals surface area contributed by atoms with Gasteiger partial charge in [-0.25, -0.2) is 0 Å². The zero-order valence-electron chi connectivity index (χ0n) is 14.2. The maximum atomic E-state index is 12.6. The minimum Gasteiger partial charge on any atom is -0.508 e. The van der Waals surface area contributed by atoms with Crippen LogP contribution in [0.1, 0.15) is 24.8 Å². The molecule has 2 aliphatic heterocycles. The van der Waals surface area contributed by atoms with Crippen molar-refractivity contribution in [1.82, 2.24) is 9.80 Å². The Bertz CT molecular complexity index is 557. The highest BCUT2D eigenvalue weighted by Crippen LogP contribution is 2.26. The maximum Gasteiger partial charge on any atom is 0.227 e. The molecule has 2 N–H and O–H groups in total. The number of likely N-dealkylation sites (tertiary alicyclic amines) is 2. The lowest BCUT2D eigenvalue weighted by molar-refractivity contribution is -0.129. The Labute approximate surface area is 143 Å². The number of phenolic OH excluding ortho intramolecular Hbond substituents is 1. The predicted octanol–water partition coefficient (Wildman–Crippen LogP) is 1.49.